The highest BCUT2D eigenvalue weighted by Crippen LogP contribution is 2.23. The molecule has 0 N–H and O–H groups in total. The molecule has 2 aromatic carbocycles. The first kappa shape index (κ1) is 16.1. The van der Waals surface area contributed by atoms with Gasteiger partial charge in [0, 0.05) is 16.0 Å². The molecule has 0 saturated heterocycles. The van der Waals surface area contributed by atoms with Crippen LogP contribution in [0, 0.1) is 0 Å². The summed E-state index contributed by atoms with van der Waals surface area (Å²) in [5, 5.41) is 1.23. The van der Waals surface area contributed by atoms with Gasteiger partial charge in [0.2, 0.25) is 0 Å². The van der Waals surface area contributed by atoms with Crippen LogP contribution in [0.5, 0.6) is 0 Å². The van der Waals surface area contributed by atoms with E-state index in [2.05, 4.69) is 4.98 Å². The van der Waals surface area contributed by atoms with Crippen molar-refractivity contribution in [2.45, 2.75) is 6.92 Å². The van der Waals surface area contributed by atoms with Gasteiger partial charge in [-0.25, -0.2) is 9.78 Å². The molecular formula is C19H14ClNO3. The van der Waals surface area contributed by atoms with Crippen molar-refractivity contribution in [1.82, 2.24) is 4.98 Å². The summed E-state index contributed by atoms with van der Waals surface area (Å²) in [6.45, 7) is 1.90. The van der Waals surface area contributed by atoms with Gasteiger partial charge in [0.25, 0.3) is 0 Å². The van der Waals surface area contributed by atoms with Crippen molar-refractivity contribution in [2.75, 3.05) is 6.61 Å². The number of hydrogen-bond donors (Lipinski definition) is 0. The van der Waals surface area contributed by atoms with Crippen LogP contribution in [0.2, 0.25) is 5.02 Å². The molecule has 0 aliphatic carbocycles. The molecule has 0 spiro atoms. The maximum atomic E-state index is 12.8. The standard InChI is InChI=1S/C19H14ClNO3/c1-2-24-19(23)17-15(18(22)12-6-4-3-5-7-12)10-13-8-9-14(20)11-16(13)21-17/h3-11H,2H2,1H3. The molecule has 1 aromatic heterocycles. The number of fused-ring (bicyclic) bond motifs is 1. The number of pyridine rings is 1. The predicted molar refractivity (Wildman–Crippen MR) is 92.6 cm³/mol. The minimum atomic E-state index is -0.626. The van der Waals surface area contributed by atoms with Crippen LogP contribution in [0.3, 0.4) is 0 Å². The van der Waals surface area contributed by atoms with E-state index in [0.29, 0.717) is 16.1 Å². The minimum absolute atomic E-state index is 0.000435. The van der Waals surface area contributed by atoms with Gasteiger partial charge in [0.15, 0.2) is 11.5 Å². The van der Waals surface area contributed by atoms with Gasteiger partial charge in [-0.1, -0.05) is 48.0 Å². The largest absolute Gasteiger partial charge is 0.461 e. The Morgan fingerprint density at radius 2 is 1.83 bits per heavy atom. The van der Waals surface area contributed by atoms with E-state index in [1.165, 1.54) is 0 Å². The molecular weight excluding hydrogens is 326 g/mol. The Kier molecular flexibility index (Phi) is 4.58. The van der Waals surface area contributed by atoms with Crippen LogP contribution in [-0.2, 0) is 4.74 Å². The van der Waals surface area contributed by atoms with Crippen LogP contribution < -0.4 is 0 Å². The molecule has 0 aliphatic heterocycles. The fraction of sp³-hybridized carbons (Fsp3) is 0.105. The van der Waals surface area contributed by atoms with Crippen molar-refractivity contribution >= 4 is 34.3 Å². The number of hydrogen-bond acceptors (Lipinski definition) is 4. The lowest BCUT2D eigenvalue weighted by Crippen LogP contribution is -2.15. The van der Waals surface area contributed by atoms with E-state index in [-0.39, 0.29) is 23.6 Å². The Hall–Kier alpha value is -2.72. The van der Waals surface area contributed by atoms with Crippen LogP contribution in [-0.4, -0.2) is 23.3 Å². The molecule has 0 bridgehead atoms. The number of benzene rings is 2. The van der Waals surface area contributed by atoms with E-state index in [0.717, 1.165) is 5.39 Å². The SMILES string of the molecule is CCOC(=O)c1nc2cc(Cl)ccc2cc1C(=O)c1ccccc1. The number of carbonyl (C=O) groups excluding carboxylic acids is 2. The summed E-state index contributed by atoms with van der Waals surface area (Å²) in [5.41, 5.74) is 1.24. The number of carbonyl (C=O) groups is 2. The molecule has 0 unspecified atom stereocenters. The summed E-state index contributed by atoms with van der Waals surface area (Å²) in [7, 11) is 0. The topological polar surface area (TPSA) is 56.3 Å². The lowest BCUT2D eigenvalue weighted by atomic mass is 10.00. The zero-order chi connectivity index (χ0) is 17.1. The molecule has 0 amide bonds. The average molecular weight is 340 g/mol. The number of esters is 1. The van der Waals surface area contributed by atoms with Crippen molar-refractivity contribution in [3.8, 4) is 0 Å². The van der Waals surface area contributed by atoms with Crippen LogP contribution in [0.15, 0.2) is 54.6 Å². The van der Waals surface area contributed by atoms with Crippen molar-refractivity contribution in [3.05, 3.63) is 76.4 Å². The highest BCUT2D eigenvalue weighted by atomic mass is 35.5. The number of ether oxygens (including phenoxy) is 1. The smallest absolute Gasteiger partial charge is 0.357 e. The normalized spacial score (nSPS) is 10.6. The third-order valence-electron chi connectivity index (χ3n) is 3.53. The molecule has 0 atom stereocenters. The highest BCUT2D eigenvalue weighted by Gasteiger charge is 2.22. The summed E-state index contributed by atoms with van der Waals surface area (Å²) < 4.78 is 5.05. The molecule has 3 aromatic rings. The van der Waals surface area contributed by atoms with Gasteiger partial charge in [0.1, 0.15) is 0 Å². The number of nitrogens with zero attached hydrogens (tertiary/aromatic N) is 1. The van der Waals surface area contributed by atoms with Crippen molar-refractivity contribution in [2.24, 2.45) is 0 Å². The summed E-state index contributed by atoms with van der Waals surface area (Å²) in [4.78, 5) is 29.4. The van der Waals surface area contributed by atoms with Gasteiger partial charge in [0.05, 0.1) is 17.7 Å². The quantitative estimate of drug-likeness (QED) is 0.525. The van der Waals surface area contributed by atoms with Crippen LogP contribution in [0.4, 0.5) is 0 Å². The van der Waals surface area contributed by atoms with E-state index in [1.54, 1.807) is 55.5 Å². The first-order chi connectivity index (χ1) is 11.6. The number of ketones is 1. The minimum Gasteiger partial charge on any atom is -0.461 e. The van der Waals surface area contributed by atoms with Gasteiger partial charge in [-0.3, -0.25) is 4.79 Å². The second-order valence-electron chi connectivity index (χ2n) is 5.14. The van der Waals surface area contributed by atoms with E-state index in [9.17, 15) is 9.59 Å². The molecule has 24 heavy (non-hydrogen) atoms. The lowest BCUT2D eigenvalue weighted by molar-refractivity contribution is 0.0517. The van der Waals surface area contributed by atoms with E-state index < -0.39 is 5.97 Å². The average Bonchev–Trinajstić information content (AvgIpc) is 2.61. The van der Waals surface area contributed by atoms with Gasteiger partial charge in [-0.05, 0) is 25.1 Å². The second-order valence-corrected chi connectivity index (χ2v) is 5.57. The Balaban J connectivity index is 2.20. The summed E-state index contributed by atoms with van der Waals surface area (Å²) >= 11 is 5.99. The monoisotopic (exact) mass is 339 g/mol. The maximum absolute atomic E-state index is 12.8. The van der Waals surface area contributed by atoms with Crippen molar-refractivity contribution < 1.29 is 14.3 Å². The molecule has 0 fully saturated rings. The first-order valence-corrected chi connectivity index (χ1v) is 7.85. The summed E-state index contributed by atoms with van der Waals surface area (Å²) in [6, 6.07) is 15.5. The molecule has 1 heterocycles. The highest BCUT2D eigenvalue weighted by molar-refractivity contribution is 6.31. The third-order valence-corrected chi connectivity index (χ3v) is 3.76. The van der Waals surface area contributed by atoms with Crippen LogP contribution >= 0.6 is 11.6 Å². The Morgan fingerprint density at radius 1 is 1.08 bits per heavy atom. The molecule has 5 heteroatoms. The fourth-order valence-corrected chi connectivity index (χ4v) is 2.58. The van der Waals surface area contributed by atoms with Crippen molar-refractivity contribution in [3.63, 3.8) is 0 Å². The molecule has 0 radical (unpaired) electrons. The van der Waals surface area contributed by atoms with E-state index >= 15 is 0 Å². The van der Waals surface area contributed by atoms with Gasteiger partial charge in [-0.2, -0.15) is 0 Å². The first-order valence-electron chi connectivity index (χ1n) is 7.47. The van der Waals surface area contributed by atoms with Crippen molar-refractivity contribution in [1.29, 1.82) is 0 Å². The zero-order valence-electron chi connectivity index (χ0n) is 13.0. The Labute approximate surface area is 144 Å². The predicted octanol–water partition coefficient (Wildman–Crippen LogP) is 4.30. The van der Waals surface area contributed by atoms with Gasteiger partial charge >= 0.3 is 5.97 Å². The number of halogens is 1. The zero-order valence-corrected chi connectivity index (χ0v) is 13.7. The molecule has 3 rings (SSSR count). The number of aromatic nitrogens is 1. The Bertz CT molecular complexity index is 923. The van der Waals surface area contributed by atoms with Crippen LogP contribution in [0.25, 0.3) is 10.9 Å². The van der Waals surface area contributed by atoms with Gasteiger partial charge in [-0.15, -0.1) is 0 Å². The molecule has 120 valence electrons. The fourth-order valence-electron chi connectivity index (χ4n) is 2.41. The lowest BCUT2D eigenvalue weighted by Gasteiger charge is -2.10. The van der Waals surface area contributed by atoms with Gasteiger partial charge < -0.3 is 4.74 Å². The van der Waals surface area contributed by atoms with Crippen LogP contribution in [0.1, 0.15) is 33.3 Å². The second kappa shape index (κ2) is 6.81. The molecule has 0 aliphatic rings. The third kappa shape index (κ3) is 3.14. The molecule has 4 nitrogen and oxygen atoms in total. The Morgan fingerprint density at radius 3 is 2.54 bits per heavy atom. The summed E-state index contributed by atoms with van der Waals surface area (Å²) in [6.07, 6.45) is 0. The van der Waals surface area contributed by atoms with E-state index in [1.807, 2.05) is 6.07 Å². The van der Waals surface area contributed by atoms with E-state index in [4.69, 9.17) is 16.3 Å². The molecule has 0 saturated carbocycles. The summed E-state index contributed by atoms with van der Waals surface area (Å²) in [5.74, 6) is -0.901. The number of rotatable bonds is 4. The maximum Gasteiger partial charge on any atom is 0.357 e.